The predicted molar refractivity (Wildman–Crippen MR) is 98.8 cm³/mol. The van der Waals surface area contributed by atoms with E-state index in [-0.39, 0.29) is 18.0 Å². The fraction of sp³-hybridized carbons (Fsp3) is 0.810. The first-order valence-electron chi connectivity index (χ1n) is 10.0. The van der Waals surface area contributed by atoms with E-state index >= 15 is 0 Å². The van der Waals surface area contributed by atoms with Crippen molar-refractivity contribution in [1.82, 2.24) is 0 Å². The SMILES string of the molecule is CCCCCCC(=O)O[C@H](C=CC1CCC(C=O)C1)CCCCC. The molecule has 0 spiro atoms. The van der Waals surface area contributed by atoms with Gasteiger partial charge in [-0.3, -0.25) is 4.79 Å². The first-order valence-corrected chi connectivity index (χ1v) is 10.0. The molecule has 0 N–H and O–H groups in total. The maximum Gasteiger partial charge on any atom is 0.306 e. The predicted octanol–water partition coefficient (Wildman–Crippen LogP) is 5.62. The number of carbonyl (C=O) groups is 2. The topological polar surface area (TPSA) is 43.4 Å². The van der Waals surface area contributed by atoms with Crippen molar-refractivity contribution in [2.45, 2.75) is 97.0 Å². The lowest BCUT2D eigenvalue weighted by Gasteiger charge is -2.15. The van der Waals surface area contributed by atoms with Crippen molar-refractivity contribution in [3.8, 4) is 0 Å². The lowest BCUT2D eigenvalue weighted by atomic mass is 10.0. The summed E-state index contributed by atoms with van der Waals surface area (Å²) in [6.45, 7) is 4.35. The smallest absolute Gasteiger partial charge is 0.306 e. The molecule has 0 aromatic carbocycles. The molecule has 1 saturated carbocycles. The van der Waals surface area contributed by atoms with Gasteiger partial charge in [0, 0.05) is 12.3 Å². The first-order chi connectivity index (χ1) is 11.7. The van der Waals surface area contributed by atoms with Crippen LogP contribution in [0.5, 0.6) is 0 Å². The fourth-order valence-corrected chi connectivity index (χ4v) is 3.35. The third-order valence-corrected chi connectivity index (χ3v) is 4.91. The molecule has 0 heterocycles. The van der Waals surface area contributed by atoms with Crippen LogP contribution in [0.25, 0.3) is 0 Å². The highest BCUT2D eigenvalue weighted by Gasteiger charge is 2.22. The molecule has 0 bridgehead atoms. The second kappa shape index (κ2) is 13.2. The third-order valence-electron chi connectivity index (χ3n) is 4.91. The van der Waals surface area contributed by atoms with Gasteiger partial charge in [-0.15, -0.1) is 0 Å². The van der Waals surface area contributed by atoms with Gasteiger partial charge in [-0.05, 0) is 50.5 Å². The average molecular weight is 337 g/mol. The normalized spacial score (nSPS) is 21.9. The zero-order valence-electron chi connectivity index (χ0n) is 15.7. The minimum absolute atomic E-state index is 0.0607. The Kier molecular flexibility index (Phi) is 11.5. The van der Waals surface area contributed by atoms with Crippen molar-refractivity contribution >= 4 is 12.3 Å². The van der Waals surface area contributed by atoms with Crippen LogP contribution in [0, 0.1) is 11.8 Å². The van der Waals surface area contributed by atoms with Crippen LogP contribution in [0.1, 0.15) is 90.9 Å². The van der Waals surface area contributed by atoms with E-state index in [1.54, 1.807) is 0 Å². The number of carbonyl (C=O) groups excluding carboxylic acids is 2. The Morgan fingerprint density at radius 3 is 2.42 bits per heavy atom. The van der Waals surface area contributed by atoms with Crippen LogP contribution in [0.4, 0.5) is 0 Å². The van der Waals surface area contributed by atoms with Gasteiger partial charge in [0.1, 0.15) is 12.4 Å². The van der Waals surface area contributed by atoms with E-state index in [9.17, 15) is 9.59 Å². The maximum atomic E-state index is 12.0. The monoisotopic (exact) mass is 336 g/mol. The molecule has 24 heavy (non-hydrogen) atoms. The summed E-state index contributed by atoms with van der Waals surface area (Å²) in [5.41, 5.74) is 0. The third kappa shape index (κ3) is 9.24. The maximum absolute atomic E-state index is 12.0. The van der Waals surface area contributed by atoms with Gasteiger partial charge in [-0.2, -0.15) is 0 Å². The molecular formula is C21H36O3. The average Bonchev–Trinajstić information content (AvgIpc) is 3.05. The minimum atomic E-state index is -0.0921. The highest BCUT2D eigenvalue weighted by atomic mass is 16.5. The van der Waals surface area contributed by atoms with Gasteiger partial charge in [0.2, 0.25) is 0 Å². The summed E-state index contributed by atoms with van der Waals surface area (Å²) in [4.78, 5) is 22.9. The molecule has 1 aliphatic carbocycles. The highest BCUT2D eigenvalue weighted by Crippen LogP contribution is 2.30. The van der Waals surface area contributed by atoms with Crippen LogP contribution < -0.4 is 0 Å². The number of unbranched alkanes of at least 4 members (excludes halogenated alkanes) is 5. The van der Waals surface area contributed by atoms with Gasteiger partial charge in [0.15, 0.2) is 0 Å². The second-order valence-electron chi connectivity index (χ2n) is 7.19. The van der Waals surface area contributed by atoms with Gasteiger partial charge in [0.25, 0.3) is 0 Å². The van der Waals surface area contributed by atoms with Crippen LogP contribution in [-0.2, 0) is 14.3 Å². The summed E-state index contributed by atoms with van der Waals surface area (Å²) in [6, 6.07) is 0. The summed E-state index contributed by atoms with van der Waals surface area (Å²) >= 11 is 0. The number of aldehydes is 1. The molecule has 1 aliphatic rings. The fourth-order valence-electron chi connectivity index (χ4n) is 3.35. The standard InChI is InChI=1S/C21H36O3/c1-3-5-7-9-11-21(23)24-20(10-8-6-4-2)15-14-18-12-13-19(16-18)17-22/h14-15,17-20H,3-13,16H2,1-2H3/t18?,19?,20-/m0/s1. The van der Waals surface area contributed by atoms with E-state index in [1.165, 1.54) is 25.7 Å². The molecule has 0 amide bonds. The Morgan fingerprint density at radius 2 is 1.75 bits per heavy atom. The zero-order valence-corrected chi connectivity index (χ0v) is 15.7. The molecule has 2 unspecified atom stereocenters. The molecule has 0 aliphatic heterocycles. The summed E-state index contributed by atoms with van der Waals surface area (Å²) in [5, 5.41) is 0. The molecule has 0 saturated heterocycles. The Labute approximate surface area is 148 Å². The molecule has 1 rings (SSSR count). The molecular weight excluding hydrogens is 300 g/mol. The van der Waals surface area contributed by atoms with Crippen molar-refractivity contribution in [3.05, 3.63) is 12.2 Å². The molecule has 3 heteroatoms. The Hall–Kier alpha value is -1.12. The number of hydrogen-bond acceptors (Lipinski definition) is 3. The molecule has 3 atom stereocenters. The lowest BCUT2D eigenvalue weighted by molar-refractivity contribution is -0.147. The van der Waals surface area contributed by atoms with Crippen molar-refractivity contribution in [3.63, 3.8) is 0 Å². The van der Waals surface area contributed by atoms with E-state index < -0.39 is 0 Å². The first kappa shape index (κ1) is 20.9. The number of allylic oxidation sites excluding steroid dienone is 1. The number of rotatable bonds is 13. The van der Waals surface area contributed by atoms with Gasteiger partial charge in [-0.1, -0.05) is 52.0 Å². The zero-order chi connectivity index (χ0) is 17.6. The van der Waals surface area contributed by atoms with Crippen molar-refractivity contribution in [2.75, 3.05) is 0 Å². The van der Waals surface area contributed by atoms with Crippen LogP contribution in [0.15, 0.2) is 12.2 Å². The van der Waals surface area contributed by atoms with Crippen LogP contribution in [0.3, 0.4) is 0 Å². The Balaban J connectivity index is 2.41. The summed E-state index contributed by atoms with van der Waals surface area (Å²) < 4.78 is 5.69. The molecule has 3 nitrogen and oxygen atoms in total. The van der Waals surface area contributed by atoms with E-state index in [1.807, 2.05) is 0 Å². The molecule has 0 radical (unpaired) electrons. The summed E-state index contributed by atoms with van der Waals surface area (Å²) in [7, 11) is 0. The van der Waals surface area contributed by atoms with Gasteiger partial charge < -0.3 is 9.53 Å². The van der Waals surface area contributed by atoms with Crippen molar-refractivity contribution < 1.29 is 14.3 Å². The van der Waals surface area contributed by atoms with Gasteiger partial charge in [-0.25, -0.2) is 0 Å². The number of esters is 1. The molecule has 1 fully saturated rings. The lowest BCUT2D eigenvalue weighted by Crippen LogP contribution is -2.16. The summed E-state index contributed by atoms with van der Waals surface area (Å²) in [6.07, 6.45) is 17.6. The largest absolute Gasteiger partial charge is 0.458 e. The van der Waals surface area contributed by atoms with E-state index in [4.69, 9.17) is 4.74 Å². The molecule has 0 aromatic rings. The van der Waals surface area contributed by atoms with E-state index in [0.717, 1.165) is 51.2 Å². The number of hydrogen-bond donors (Lipinski definition) is 0. The van der Waals surface area contributed by atoms with Gasteiger partial charge in [0.05, 0.1) is 0 Å². The molecule has 0 aromatic heterocycles. The van der Waals surface area contributed by atoms with Gasteiger partial charge >= 0.3 is 5.97 Å². The Bertz CT molecular complexity index is 375. The highest BCUT2D eigenvalue weighted by molar-refractivity contribution is 5.69. The Morgan fingerprint density at radius 1 is 1.04 bits per heavy atom. The number of ether oxygens (including phenoxy) is 1. The van der Waals surface area contributed by atoms with Crippen LogP contribution >= 0.6 is 0 Å². The van der Waals surface area contributed by atoms with Crippen molar-refractivity contribution in [1.29, 1.82) is 0 Å². The van der Waals surface area contributed by atoms with Crippen LogP contribution in [0.2, 0.25) is 0 Å². The van der Waals surface area contributed by atoms with E-state index in [0.29, 0.717) is 12.3 Å². The minimum Gasteiger partial charge on any atom is -0.458 e. The molecule has 138 valence electrons. The quantitative estimate of drug-likeness (QED) is 0.190. The second-order valence-corrected chi connectivity index (χ2v) is 7.19. The van der Waals surface area contributed by atoms with E-state index in [2.05, 4.69) is 26.0 Å². The summed E-state index contributed by atoms with van der Waals surface area (Å²) in [5.74, 6) is 0.630. The van der Waals surface area contributed by atoms with Crippen molar-refractivity contribution in [2.24, 2.45) is 11.8 Å². The van der Waals surface area contributed by atoms with Crippen LogP contribution in [-0.4, -0.2) is 18.4 Å².